The number of carbonyl (C=O) groups excluding carboxylic acids is 5. The van der Waals surface area contributed by atoms with Crippen molar-refractivity contribution in [3.8, 4) is 17.6 Å². The molecule has 1 aliphatic carbocycles. The third-order valence-electron chi connectivity index (χ3n) is 12.7. The number of rotatable bonds is 6. The second-order valence-corrected chi connectivity index (χ2v) is 16.8. The van der Waals surface area contributed by atoms with Crippen LogP contribution >= 0.6 is 11.6 Å². The van der Waals surface area contributed by atoms with E-state index >= 15 is 0 Å². The van der Waals surface area contributed by atoms with Crippen LogP contribution in [0, 0.1) is 30.2 Å². The Bertz CT molecular complexity index is 2240. The lowest BCUT2D eigenvalue weighted by Gasteiger charge is -2.39. The topological polar surface area (TPSA) is 121 Å². The van der Waals surface area contributed by atoms with Crippen molar-refractivity contribution < 1.29 is 28.7 Å². The van der Waals surface area contributed by atoms with Gasteiger partial charge in [0.05, 0.1) is 22.7 Å². The minimum absolute atomic E-state index is 0.00298. The van der Waals surface area contributed by atoms with E-state index in [2.05, 4.69) is 31.8 Å². The quantitative estimate of drug-likeness (QED) is 0.168. The molecule has 0 aromatic heterocycles. The van der Waals surface area contributed by atoms with Crippen molar-refractivity contribution in [2.24, 2.45) is 11.8 Å². The fraction of sp³-hybridized carbons (Fsp3) is 0.422. The molecular weight excluding hydrogens is 742 g/mol. The van der Waals surface area contributed by atoms with E-state index in [0.29, 0.717) is 58.1 Å². The van der Waals surface area contributed by atoms with Crippen molar-refractivity contribution in [1.29, 1.82) is 0 Å². The Labute approximate surface area is 336 Å². The maximum Gasteiger partial charge on any atom is 0.262 e. The number of fused-ring (bicyclic) bond motifs is 4. The Morgan fingerprint density at radius 3 is 2.14 bits per heavy atom. The molecule has 6 aliphatic rings. The number of benzene rings is 3. The number of ether oxygens (including phenoxy) is 1. The minimum atomic E-state index is -0.959. The van der Waals surface area contributed by atoms with Gasteiger partial charge in [-0.1, -0.05) is 29.5 Å². The first-order chi connectivity index (χ1) is 27.6. The average molecular weight is 784 g/mol. The van der Waals surface area contributed by atoms with E-state index < -0.39 is 23.8 Å². The van der Waals surface area contributed by atoms with Gasteiger partial charge in [-0.3, -0.25) is 39.1 Å². The molecule has 4 fully saturated rings. The first-order valence-electron chi connectivity index (χ1n) is 20.0. The molecule has 0 spiro atoms. The lowest BCUT2D eigenvalue weighted by molar-refractivity contribution is -0.136. The highest BCUT2D eigenvalue weighted by atomic mass is 35.5. The number of hydrogen-bond acceptors (Lipinski definition) is 7. The molecule has 1 saturated carbocycles. The number of halogens is 1. The number of carbonyl (C=O) groups is 5. The standard InChI is InChI=1S/C45H42ClN5O6/c1-47-39-15-14-34(22-38(39)46)57-35-20-32-12-13-33(21-35)50(32)43(54)29-10-8-27(9-11-29)3-2-26-4-6-28(7-5-26)23-49-24-30-18-36-37(19-31(30)25-49)45(56)51(44(36)55)40-16-17-41(52)48-42(40)53/h8-11,14-15,18-19,22,26,28,32-33,35,40H,4-7,12-13,16-17,20-21,23-25H2,(H,48,52,53). The first kappa shape index (κ1) is 37.1. The number of nitrogens with one attached hydrogen (secondary N) is 1. The van der Waals surface area contributed by atoms with Gasteiger partial charge in [0.2, 0.25) is 17.5 Å². The minimum Gasteiger partial charge on any atom is -0.490 e. The number of piperidine rings is 2. The lowest BCUT2D eigenvalue weighted by Crippen LogP contribution is -2.54. The van der Waals surface area contributed by atoms with Crippen molar-refractivity contribution in [2.75, 3.05) is 6.54 Å². The van der Waals surface area contributed by atoms with Crippen molar-refractivity contribution in [3.63, 3.8) is 0 Å². The van der Waals surface area contributed by atoms with Crippen LogP contribution in [0.4, 0.5) is 5.69 Å². The Morgan fingerprint density at radius 2 is 1.53 bits per heavy atom. The van der Waals surface area contributed by atoms with E-state index in [4.69, 9.17) is 22.9 Å². The predicted molar refractivity (Wildman–Crippen MR) is 210 cm³/mol. The molecule has 290 valence electrons. The molecule has 5 aliphatic heterocycles. The fourth-order valence-electron chi connectivity index (χ4n) is 9.85. The lowest BCUT2D eigenvalue weighted by atomic mass is 9.82. The Balaban J connectivity index is 0.743. The second-order valence-electron chi connectivity index (χ2n) is 16.4. The van der Waals surface area contributed by atoms with Crippen molar-refractivity contribution in [1.82, 2.24) is 20.0 Å². The van der Waals surface area contributed by atoms with Crippen LogP contribution in [-0.4, -0.2) is 75.0 Å². The summed E-state index contributed by atoms with van der Waals surface area (Å²) in [6, 6.07) is 15.8. The molecule has 5 heterocycles. The summed E-state index contributed by atoms with van der Waals surface area (Å²) in [5.41, 5.74) is 4.76. The fourth-order valence-corrected chi connectivity index (χ4v) is 10.1. The zero-order valence-electron chi connectivity index (χ0n) is 31.5. The van der Waals surface area contributed by atoms with Crippen LogP contribution in [0.5, 0.6) is 5.75 Å². The average Bonchev–Trinajstić information content (AvgIpc) is 3.81. The predicted octanol–water partition coefficient (Wildman–Crippen LogP) is 6.68. The van der Waals surface area contributed by atoms with Gasteiger partial charge in [0, 0.05) is 68.0 Å². The van der Waals surface area contributed by atoms with Gasteiger partial charge >= 0.3 is 0 Å². The van der Waals surface area contributed by atoms with Crippen LogP contribution in [0.3, 0.4) is 0 Å². The monoisotopic (exact) mass is 783 g/mol. The Kier molecular flexibility index (Phi) is 9.84. The zero-order valence-corrected chi connectivity index (χ0v) is 32.2. The number of hydrogen-bond donors (Lipinski definition) is 1. The van der Waals surface area contributed by atoms with Gasteiger partial charge in [0.15, 0.2) is 0 Å². The summed E-state index contributed by atoms with van der Waals surface area (Å²) in [5.74, 6) is 6.54. The van der Waals surface area contributed by atoms with E-state index in [0.717, 1.165) is 79.5 Å². The molecule has 3 atom stereocenters. The third kappa shape index (κ3) is 7.20. The SMILES string of the molecule is [C-]#[N+]c1ccc(OC2CC3CCC(C2)N3C(=O)c2ccc(C#CC3CCC(CN4Cc5cc6c(cc5C4)C(=O)N(C4CCC(=O)NC4=O)C6=O)CC3)cc2)cc1Cl. The molecule has 2 bridgehead atoms. The van der Waals surface area contributed by atoms with Crippen molar-refractivity contribution in [2.45, 2.75) is 102 Å². The molecule has 0 radical (unpaired) electrons. The van der Waals surface area contributed by atoms with E-state index in [1.165, 1.54) is 0 Å². The highest BCUT2D eigenvalue weighted by Crippen LogP contribution is 2.40. The normalized spacial score (nSPS) is 26.7. The molecule has 1 N–H and O–H groups in total. The van der Waals surface area contributed by atoms with Gasteiger partial charge in [-0.2, -0.15) is 0 Å². The van der Waals surface area contributed by atoms with E-state index in [-0.39, 0.29) is 42.8 Å². The second kappa shape index (κ2) is 15.1. The van der Waals surface area contributed by atoms with Gasteiger partial charge in [0.1, 0.15) is 17.9 Å². The number of amides is 5. The smallest absolute Gasteiger partial charge is 0.262 e. The number of nitrogens with zero attached hydrogens (tertiary/aromatic N) is 4. The number of imide groups is 2. The van der Waals surface area contributed by atoms with Crippen LogP contribution in [-0.2, 0) is 22.7 Å². The molecule has 3 saturated heterocycles. The van der Waals surface area contributed by atoms with E-state index in [9.17, 15) is 24.0 Å². The molecule has 3 aromatic carbocycles. The Hall–Kier alpha value is -5.49. The van der Waals surface area contributed by atoms with Crippen LogP contribution < -0.4 is 10.1 Å². The van der Waals surface area contributed by atoms with Crippen LogP contribution in [0.15, 0.2) is 54.6 Å². The van der Waals surface area contributed by atoms with Gasteiger partial charge in [-0.25, -0.2) is 4.85 Å². The molecule has 5 amide bonds. The van der Waals surface area contributed by atoms with Crippen LogP contribution in [0.25, 0.3) is 4.85 Å². The molecule has 3 unspecified atom stereocenters. The summed E-state index contributed by atoms with van der Waals surface area (Å²) in [6.07, 6.45) is 7.93. The first-order valence-corrected chi connectivity index (χ1v) is 20.4. The summed E-state index contributed by atoms with van der Waals surface area (Å²) < 4.78 is 6.25. The maximum absolute atomic E-state index is 13.7. The Morgan fingerprint density at radius 1 is 0.860 bits per heavy atom. The molecule has 12 heteroatoms. The molecular formula is C45H42ClN5O6. The highest BCUT2D eigenvalue weighted by molar-refractivity contribution is 6.33. The summed E-state index contributed by atoms with van der Waals surface area (Å²) in [4.78, 5) is 73.2. The molecule has 57 heavy (non-hydrogen) atoms. The molecule has 9 rings (SSSR count). The molecule has 11 nitrogen and oxygen atoms in total. The van der Waals surface area contributed by atoms with Crippen LogP contribution in [0.2, 0.25) is 5.02 Å². The maximum atomic E-state index is 13.7. The van der Waals surface area contributed by atoms with Gasteiger partial charge in [0.25, 0.3) is 17.7 Å². The van der Waals surface area contributed by atoms with Gasteiger partial charge in [-0.05, 0) is 111 Å². The summed E-state index contributed by atoms with van der Waals surface area (Å²) in [7, 11) is 0. The van der Waals surface area contributed by atoms with E-state index in [1.54, 1.807) is 18.2 Å². The van der Waals surface area contributed by atoms with Gasteiger partial charge < -0.3 is 9.64 Å². The van der Waals surface area contributed by atoms with Crippen molar-refractivity contribution in [3.05, 3.63) is 104 Å². The van der Waals surface area contributed by atoms with Crippen LogP contribution in [0.1, 0.15) is 112 Å². The summed E-state index contributed by atoms with van der Waals surface area (Å²) in [6.45, 7) is 9.58. The summed E-state index contributed by atoms with van der Waals surface area (Å²) in [5, 5.41) is 2.63. The van der Waals surface area contributed by atoms with Gasteiger partial charge in [-0.15, -0.1) is 0 Å². The largest absolute Gasteiger partial charge is 0.490 e. The highest BCUT2D eigenvalue weighted by Gasteiger charge is 2.46. The van der Waals surface area contributed by atoms with E-state index in [1.807, 2.05) is 36.4 Å². The molecule has 3 aromatic rings. The summed E-state index contributed by atoms with van der Waals surface area (Å²) >= 11 is 6.22. The third-order valence-corrected chi connectivity index (χ3v) is 13.0. The zero-order chi connectivity index (χ0) is 39.4. The van der Waals surface area contributed by atoms with Crippen molar-refractivity contribution >= 4 is 46.8 Å².